The molecule has 0 saturated heterocycles. The number of nitrogens with one attached hydrogen (secondary N) is 1. The Kier molecular flexibility index (Phi) is 6.87. The summed E-state index contributed by atoms with van der Waals surface area (Å²) in [6, 6.07) is 11.3. The number of carbonyl (C=O) groups excluding carboxylic acids is 1. The summed E-state index contributed by atoms with van der Waals surface area (Å²) >= 11 is 16.0. The lowest BCUT2D eigenvalue weighted by molar-refractivity contribution is 0.0883. The van der Waals surface area contributed by atoms with E-state index in [1.165, 1.54) is 12.0 Å². The maximum absolute atomic E-state index is 13.2. The average molecular weight is 526 g/mol. The van der Waals surface area contributed by atoms with Crippen LogP contribution in [0.4, 0.5) is 4.79 Å². The number of halogens is 3. The summed E-state index contributed by atoms with van der Waals surface area (Å²) < 4.78 is 1.05. The summed E-state index contributed by atoms with van der Waals surface area (Å²) in [6.07, 6.45) is 5.37. The van der Waals surface area contributed by atoms with Gasteiger partial charge in [0.15, 0.2) is 0 Å². The molecule has 4 nitrogen and oxygen atoms in total. The van der Waals surface area contributed by atoms with Gasteiger partial charge >= 0.3 is 6.03 Å². The minimum absolute atomic E-state index is 0.0612. The predicted molar refractivity (Wildman–Crippen MR) is 129 cm³/mol. The molecule has 0 aromatic heterocycles. The molecule has 2 aliphatic carbocycles. The number of carbonyl (C=O) groups is 1. The summed E-state index contributed by atoms with van der Waals surface area (Å²) in [4.78, 5) is 14.7. The van der Waals surface area contributed by atoms with Crippen molar-refractivity contribution in [3.63, 3.8) is 0 Å². The zero-order chi connectivity index (χ0) is 22.2. The smallest absolute Gasteiger partial charge is 0.317 e. The number of hydrogen-bond donors (Lipinski definition) is 2. The lowest BCUT2D eigenvalue weighted by Gasteiger charge is -2.39. The molecule has 0 heterocycles. The van der Waals surface area contributed by atoms with Crippen molar-refractivity contribution >= 4 is 45.2 Å². The maximum atomic E-state index is 13.2. The van der Waals surface area contributed by atoms with Gasteiger partial charge in [0.05, 0.1) is 12.1 Å². The number of aliphatic hydroxyl groups is 1. The van der Waals surface area contributed by atoms with E-state index in [-0.39, 0.29) is 11.4 Å². The van der Waals surface area contributed by atoms with Crippen LogP contribution in [0.3, 0.4) is 0 Å². The molecule has 166 valence electrons. The number of rotatable bonds is 4. The zero-order valence-corrected chi connectivity index (χ0v) is 20.6. The predicted octanol–water partition coefficient (Wildman–Crippen LogP) is 6.26. The highest BCUT2D eigenvalue weighted by Crippen LogP contribution is 2.42. The highest BCUT2D eigenvalue weighted by Gasteiger charge is 2.39. The number of urea groups is 1. The quantitative estimate of drug-likeness (QED) is 0.495. The Bertz CT molecular complexity index is 961. The average Bonchev–Trinajstić information content (AvgIpc) is 3.08. The van der Waals surface area contributed by atoms with Gasteiger partial charge in [-0.3, -0.25) is 0 Å². The molecule has 2 aromatic carbocycles. The highest BCUT2D eigenvalue weighted by atomic mass is 79.9. The SMILES string of the molecule is CN(C(=O)NCC1(c2ccc(Br)cc2)CCCCC1)C1c2cc(Cl)cc(Cl)c2CC1O. The van der Waals surface area contributed by atoms with Crippen molar-refractivity contribution in [1.82, 2.24) is 10.2 Å². The first-order valence-electron chi connectivity index (χ1n) is 10.7. The molecule has 0 bridgehead atoms. The van der Waals surface area contributed by atoms with Gasteiger partial charge in [-0.05, 0) is 53.8 Å². The van der Waals surface area contributed by atoms with Crippen molar-refractivity contribution in [3.8, 4) is 0 Å². The number of hydrogen-bond acceptors (Lipinski definition) is 2. The number of benzene rings is 2. The Morgan fingerprint density at radius 3 is 2.55 bits per heavy atom. The van der Waals surface area contributed by atoms with E-state index >= 15 is 0 Å². The van der Waals surface area contributed by atoms with Crippen molar-refractivity contribution in [3.05, 3.63) is 67.6 Å². The fourth-order valence-electron chi connectivity index (χ4n) is 5.19. The second-order valence-corrected chi connectivity index (χ2v) is 10.5. The van der Waals surface area contributed by atoms with Crippen molar-refractivity contribution in [2.24, 2.45) is 0 Å². The first-order valence-corrected chi connectivity index (χ1v) is 12.3. The van der Waals surface area contributed by atoms with Gasteiger partial charge in [0.2, 0.25) is 0 Å². The molecule has 0 radical (unpaired) electrons. The molecule has 1 fully saturated rings. The molecule has 0 spiro atoms. The van der Waals surface area contributed by atoms with Crippen LogP contribution in [0.2, 0.25) is 10.0 Å². The molecular formula is C24H27BrCl2N2O2. The minimum atomic E-state index is -0.711. The first-order chi connectivity index (χ1) is 14.8. The van der Waals surface area contributed by atoms with Gasteiger partial charge < -0.3 is 15.3 Å². The van der Waals surface area contributed by atoms with E-state index in [9.17, 15) is 9.90 Å². The van der Waals surface area contributed by atoms with Crippen LogP contribution in [0, 0.1) is 0 Å². The van der Waals surface area contributed by atoms with Gasteiger partial charge in [-0.1, -0.05) is 70.5 Å². The highest BCUT2D eigenvalue weighted by molar-refractivity contribution is 9.10. The fourth-order valence-corrected chi connectivity index (χ4v) is 6.04. The van der Waals surface area contributed by atoms with Crippen LogP contribution in [0.25, 0.3) is 0 Å². The van der Waals surface area contributed by atoms with Crippen LogP contribution in [-0.2, 0) is 11.8 Å². The third-order valence-corrected chi connectivity index (χ3v) is 7.96. The second-order valence-electron chi connectivity index (χ2n) is 8.79. The number of likely N-dealkylation sites (N-methyl/N-ethyl adjacent to an activating group) is 1. The first kappa shape index (κ1) is 22.9. The summed E-state index contributed by atoms with van der Waals surface area (Å²) in [7, 11) is 1.72. The lowest BCUT2D eigenvalue weighted by Crippen LogP contribution is -2.48. The van der Waals surface area contributed by atoms with Crippen LogP contribution in [0.1, 0.15) is 54.8 Å². The van der Waals surface area contributed by atoms with E-state index in [2.05, 4.69) is 45.5 Å². The third-order valence-electron chi connectivity index (χ3n) is 6.87. The topological polar surface area (TPSA) is 52.6 Å². The molecule has 2 N–H and O–H groups in total. The molecule has 0 aliphatic heterocycles. The van der Waals surface area contributed by atoms with E-state index in [1.807, 2.05) is 0 Å². The maximum Gasteiger partial charge on any atom is 0.317 e. The van der Waals surface area contributed by atoms with Crippen LogP contribution < -0.4 is 5.32 Å². The zero-order valence-electron chi connectivity index (χ0n) is 17.5. The van der Waals surface area contributed by atoms with Gasteiger partial charge in [-0.25, -0.2) is 4.79 Å². The standard InChI is InChI=1S/C24H27BrCl2N2O2/c1-29(22-19-11-17(26)12-20(27)18(19)13-21(22)30)23(31)28-14-24(9-3-2-4-10-24)15-5-7-16(25)8-6-15/h5-8,11-12,21-22,30H,2-4,9-10,13-14H2,1H3,(H,28,31). The molecular weight excluding hydrogens is 499 g/mol. The van der Waals surface area contributed by atoms with Gasteiger partial charge in [-0.15, -0.1) is 0 Å². The summed E-state index contributed by atoms with van der Waals surface area (Å²) in [5.74, 6) is 0. The van der Waals surface area contributed by atoms with Gasteiger partial charge in [0, 0.05) is 39.9 Å². The van der Waals surface area contributed by atoms with Gasteiger partial charge in [0.1, 0.15) is 0 Å². The third kappa shape index (κ3) is 4.61. The molecule has 2 aromatic rings. The molecule has 31 heavy (non-hydrogen) atoms. The van der Waals surface area contributed by atoms with Crippen LogP contribution in [0.15, 0.2) is 40.9 Å². The molecule has 4 rings (SSSR count). The fraction of sp³-hybridized carbons (Fsp3) is 0.458. The largest absolute Gasteiger partial charge is 0.390 e. The lowest BCUT2D eigenvalue weighted by atomic mass is 9.69. The molecule has 2 amide bonds. The van der Waals surface area contributed by atoms with Crippen molar-refractivity contribution in [1.29, 1.82) is 0 Å². The Morgan fingerprint density at radius 2 is 1.87 bits per heavy atom. The summed E-state index contributed by atoms with van der Waals surface area (Å²) in [5.41, 5.74) is 2.89. The molecule has 2 aliphatic rings. The second kappa shape index (κ2) is 9.30. The van der Waals surface area contributed by atoms with E-state index in [1.54, 1.807) is 24.1 Å². The number of fused-ring (bicyclic) bond motifs is 1. The Labute approximate surface area is 202 Å². The normalized spacial score (nSPS) is 22.1. The van der Waals surface area contributed by atoms with Crippen molar-refractivity contribution < 1.29 is 9.90 Å². The Hall–Kier alpha value is -1.27. The van der Waals surface area contributed by atoms with E-state index < -0.39 is 12.1 Å². The Morgan fingerprint density at radius 1 is 1.19 bits per heavy atom. The minimum Gasteiger partial charge on any atom is -0.390 e. The molecule has 2 atom stereocenters. The van der Waals surface area contributed by atoms with Crippen molar-refractivity contribution in [2.75, 3.05) is 13.6 Å². The summed E-state index contributed by atoms with van der Waals surface area (Å²) in [6.45, 7) is 0.573. The number of nitrogens with zero attached hydrogens (tertiary/aromatic N) is 1. The van der Waals surface area contributed by atoms with Crippen LogP contribution in [-0.4, -0.2) is 35.7 Å². The number of aliphatic hydroxyl groups excluding tert-OH is 1. The molecule has 7 heteroatoms. The van der Waals surface area contributed by atoms with Crippen LogP contribution >= 0.6 is 39.1 Å². The summed E-state index contributed by atoms with van der Waals surface area (Å²) in [5, 5.41) is 14.9. The molecule has 1 saturated carbocycles. The van der Waals surface area contributed by atoms with Gasteiger partial charge in [0.25, 0.3) is 0 Å². The Balaban J connectivity index is 1.52. The van der Waals surface area contributed by atoms with E-state index in [0.717, 1.165) is 41.3 Å². The van der Waals surface area contributed by atoms with Crippen molar-refractivity contribution in [2.45, 2.75) is 56.1 Å². The van der Waals surface area contributed by atoms with Crippen LogP contribution in [0.5, 0.6) is 0 Å². The molecule has 2 unspecified atom stereocenters. The number of amides is 2. The van der Waals surface area contributed by atoms with E-state index in [4.69, 9.17) is 23.2 Å². The van der Waals surface area contributed by atoms with Gasteiger partial charge in [-0.2, -0.15) is 0 Å². The van der Waals surface area contributed by atoms with E-state index in [0.29, 0.717) is 23.0 Å². The monoisotopic (exact) mass is 524 g/mol.